The molecule has 1 atom stereocenters. The lowest BCUT2D eigenvalue weighted by atomic mass is 10.0. The highest BCUT2D eigenvalue weighted by Crippen LogP contribution is 2.17. The molecule has 0 heterocycles. The van der Waals surface area contributed by atoms with Crippen LogP contribution in [0.15, 0.2) is 97.2 Å². The summed E-state index contributed by atoms with van der Waals surface area (Å²) in [4.78, 5) is 38.4. The third-order valence-corrected chi connectivity index (χ3v) is 15.1. The Bertz CT molecular complexity index is 1580. The van der Waals surface area contributed by atoms with Gasteiger partial charge in [-0.2, -0.15) is 0 Å². The minimum atomic E-state index is -0.797. The van der Waals surface area contributed by atoms with E-state index in [1.165, 1.54) is 193 Å². The van der Waals surface area contributed by atoms with Gasteiger partial charge in [0, 0.05) is 19.3 Å². The van der Waals surface area contributed by atoms with Crippen LogP contribution in [0, 0.1) is 0 Å². The fraction of sp³-hybridized carbons (Fsp3) is 0.747. The van der Waals surface area contributed by atoms with Crippen molar-refractivity contribution in [2.75, 3.05) is 13.2 Å². The van der Waals surface area contributed by atoms with Crippen LogP contribution < -0.4 is 0 Å². The molecule has 0 aliphatic heterocycles. The Morgan fingerprint density at radius 1 is 0.259 bits per heavy atom. The molecule has 0 aromatic rings. The number of unbranched alkanes of at least 4 members (excludes halogenated alkanes) is 36. The second kappa shape index (κ2) is 68.8. The van der Waals surface area contributed by atoms with Crippen LogP contribution in [-0.4, -0.2) is 37.2 Å². The molecule has 1 unspecified atom stereocenters. The number of rotatable bonds is 63. The van der Waals surface area contributed by atoms with Gasteiger partial charge in [0.05, 0.1) is 0 Å². The molecule has 0 saturated carbocycles. The molecule has 0 aliphatic rings. The third-order valence-electron chi connectivity index (χ3n) is 15.1. The van der Waals surface area contributed by atoms with Crippen molar-refractivity contribution >= 4 is 17.9 Å². The fourth-order valence-corrected chi connectivity index (χ4v) is 9.89. The van der Waals surface area contributed by atoms with E-state index in [0.29, 0.717) is 12.8 Å². The highest BCUT2D eigenvalue weighted by atomic mass is 16.6. The Hall–Kier alpha value is -3.67. The summed E-state index contributed by atoms with van der Waals surface area (Å²) in [5, 5.41) is 0. The van der Waals surface area contributed by atoms with Crippen molar-refractivity contribution in [2.24, 2.45) is 0 Å². The second-order valence-electron chi connectivity index (χ2n) is 23.1. The van der Waals surface area contributed by atoms with Crippen LogP contribution in [0.2, 0.25) is 0 Å². The van der Waals surface area contributed by atoms with Crippen molar-refractivity contribution < 1.29 is 28.6 Å². The van der Waals surface area contributed by atoms with Gasteiger partial charge in [0.1, 0.15) is 13.2 Å². The molecule has 0 aliphatic carbocycles. The number of hydrogen-bond donors (Lipinski definition) is 0. The summed E-state index contributed by atoms with van der Waals surface area (Å²) in [6, 6.07) is 0. The Morgan fingerprint density at radius 3 is 0.765 bits per heavy atom. The first-order valence-electron chi connectivity index (χ1n) is 34.7. The number of esters is 3. The zero-order chi connectivity index (χ0) is 58.5. The smallest absolute Gasteiger partial charge is 0.306 e. The van der Waals surface area contributed by atoms with Crippen LogP contribution in [0.5, 0.6) is 0 Å². The minimum Gasteiger partial charge on any atom is -0.462 e. The van der Waals surface area contributed by atoms with E-state index >= 15 is 0 Å². The molecule has 0 saturated heterocycles. The van der Waals surface area contributed by atoms with Gasteiger partial charge in [-0.15, -0.1) is 0 Å². The largest absolute Gasteiger partial charge is 0.462 e. The summed E-state index contributed by atoms with van der Waals surface area (Å²) >= 11 is 0. The molecular weight excluding hydrogens is 997 g/mol. The third kappa shape index (κ3) is 67.0. The van der Waals surface area contributed by atoms with E-state index in [9.17, 15) is 14.4 Å². The summed E-state index contributed by atoms with van der Waals surface area (Å²) in [7, 11) is 0. The van der Waals surface area contributed by atoms with Crippen molar-refractivity contribution in [3.8, 4) is 0 Å². The Morgan fingerprint density at radius 2 is 0.481 bits per heavy atom. The van der Waals surface area contributed by atoms with E-state index in [-0.39, 0.29) is 37.5 Å². The Balaban J connectivity index is 4.37. The summed E-state index contributed by atoms with van der Waals surface area (Å²) in [5.74, 6) is -0.907. The van der Waals surface area contributed by atoms with E-state index in [1.54, 1.807) is 0 Å². The van der Waals surface area contributed by atoms with Crippen molar-refractivity contribution in [3.63, 3.8) is 0 Å². The maximum atomic E-state index is 12.9. The predicted molar refractivity (Wildman–Crippen MR) is 353 cm³/mol. The molecule has 0 fully saturated rings. The van der Waals surface area contributed by atoms with Crippen LogP contribution in [-0.2, 0) is 28.6 Å². The van der Waals surface area contributed by atoms with Crippen molar-refractivity contribution in [3.05, 3.63) is 97.2 Å². The van der Waals surface area contributed by atoms with E-state index in [1.807, 2.05) is 0 Å². The molecule has 0 N–H and O–H groups in total. The molecule has 6 heteroatoms. The zero-order valence-electron chi connectivity index (χ0n) is 53.5. The topological polar surface area (TPSA) is 78.9 Å². The maximum Gasteiger partial charge on any atom is 0.306 e. The fourth-order valence-electron chi connectivity index (χ4n) is 9.89. The number of hydrogen-bond acceptors (Lipinski definition) is 6. The molecule has 0 bridgehead atoms. The van der Waals surface area contributed by atoms with E-state index in [4.69, 9.17) is 14.2 Å². The molecule has 0 aromatic heterocycles. The maximum absolute atomic E-state index is 12.9. The summed E-state index contributed by atoms with van der Waals surface area (Å²) < 4.78 is 17.0. The van der Waals surface area contributed by atoms with E-state index in [2.05, 4.69) is 118 Å². The van der Waals surface area contributed by atoms with Crippen LogP contribution in [0.4, 0.5) is 0 Å². The van der Waals surface area contributed by atoms with Gasteiger partial charge in [0.25, 0.3) is 0 Å². The van der Waals surface area contributed by atoms with E-state index in [0.717, 1.165) is 109 Å². The summed E-state index contributed by atoms with van der Waals surface area (Å²) in [6.07, 6.45) is 92.8. The van der Waals surface area contributed by atoms with Gasteiger partial charge < -0.3 is 14.2 Å². The van der Waals surface area contributed by atoms with E-state index < -0.39 is 6.10 Å². The highest BCUT2D eigenvalue weighted by Gasteiger charge is 2.19. The summed E-state index contributed by atoms with van der Waals surface area (Å²) in [5.41, 5.74) is 0. The lowest BCUT2D eigenvalue weighted by molar-refractivity contribution is -0.167. The monoisotopic (exact) mass is 1130 g/mol. The van der Waals surface area contributed by atoms with Crippen molar-refractivity contribution in [1.82, 2.24) is 0 Å². The van der Waals surface area contributed by atoms with Crippen molar-refractivity contribution in [1.29, 1.82) is 0 Å². The quantitative estimate of drug-likeness (QED) is 0.0261. The van der Waals surface area contributed by atoms with Crippen LogP contribution in [0.25, 0.3) is 0 Å². The molecule has 0 spiro atoms. The zero-order valence-corrected chi connectivity index (χ0v) is 53.5. The molecule has 0 radical (unpaired) electrons. The Kier molecular flexibility index (Phi) is 65.7. The number of ether oxygens (including phenoxy) is 3. The minimum absolute atomic E-state index is 0.0885. The van der Waals surface area contributed by atoms with Crippen molar-refractivity contribution in [2.45, 2.75) is 348 Å². The molecular formula is C75H130O6. The van der Waals surface area contributed by atoms with Gasteiger partial charge in [-0.05, 0) is 103 Å². The van der Waals surface area contributed by atoms with Gasteiger partial charge >= 0.3 is 17.9 Å². The highest BCUT2D eigenvalue weighted by molar-refractivity contribution is 5.71. The lowest BCUT2D eigenvalue weighted by Crippen LogP contribution is -2.30. The van der Waals surface area contributed by atoms with Gasteiger partial charge in [0.2, 0.25) is 0 Å². The molecule has 81 heavy (non-hydrogen) atoms. The molecule has 0 aromatic carbocycles. The number of carbonyl (C=O) groups is 3. The standard InChI is InChI=1S/C75H130O6/c1-4-7-10-13-16-19-22-25-28-31-33-34-35-36-37-38-39-40-42-44-47-50-53-56-59-62-65-68-74(77)80-71-72(70-79-73(76)67-64-61-58-55-52-49-46-43-30-27-24-21-18-15-12-9-6-3)81-75(78)69-66-63-60-57-54-51-48-45-41-32-29-26-23-20-17-14-11-8-5-2/h8,11,17,20,22,25-26,29,31,33,35-36,41,45,51,54,72H,4-7,9-10,12-16,18-19,21,23-24,27-28,30,32,34,37-40,42-44,46-50,52-53,55-71H2,1-3H3/b11-8-,20-17-,25-22-,29-26-,33-31-,36-35-,45-41-,54-51-. The molecule has 466 valence electrons. The van der Waals surface area contributed by atoms with Crippen LogP contribution in [0.1, 0.15) is 342 Å². The first kappa shape index (κ1) is 77.3. The van der Waals surface area contributed by atoms with Gasteiger partial charge in [0.15, 0.2) is 6.10 Å². The normalized spacial score (nSPS) is 12.7. The second-order valence-corrected chi connectivity index (χ2v) is 23.1. The average molecular weight is 1130 g/mol. The summed E-state index contributed by atoms with van der Waals surface area (Å²) in [6.45, 7) is 6.53. The predicted octanol–water partition coefficient (Wildman–Crippen LogP) is 24.0. The van der Waals surface area contributed by atoms with Gasteiger partial charge in [-0.3, -0.25) is 14.4 Å². The lowest BCUT2D eigenvalue weighted by Gasteiger charge is -2.18. The van der Waals surface area contributed by atoms with Gasteiger partial charge in [-0.1, -0.05) is 317 Å². The first-order chi connectivity index (χ1) is 40.0. The van der Waals surface area contributed by atoms with Crippen LogP contribution >= 0.6 is 0 Å². The molecule has 0 amide bonds. The number of allylic oxidation sites excluding steroid dienone is 16. The molecule has 6 nitrogen and oxygen atoms in total. The van der Waals surface area contributed by atoms with Crippen LogP contribution in [0.3, 0.4) is 0 Å². The van der Waals surface area contributed by atoms with Gasteiger partial charge in [-0.25, -0.2) is 0 Å². The Labute approximate surface area is 502 Å². The average Bonchev–Trinajstić information content (AvgIpc) is 3.47. The SMILES string of the molecule is CC/C=C\C/C=C\C/C=C\C/C=C\C/C=C\CCCCCC(=O)OC(COC(=O)CCCCCCCCCCCCCC/C=C\C/C=C\C/C=C\CCCCCCC)COC(=O)CCCCCCCCCCCCCCCCCCC. The molecule has 0 rings (SSSR count). The number of carbonyl (C=O) groups excluding carboxylic acids is 3. The first-order valence-corrected chi connectivity index (χ1v) is 34.7.